The first-order valence-corrected chi connectivity index (χ1v) is 5.30. The minimum atomic E-state index is -0.537. The molecular weight excluding hydrogens is 222 g/mol. The first kappa shape index (κ1) is 13.4. The topological polar surface area (TPSA) is 86.5 Å². The van der Waals surface area contributed by atoms with E-state index in [1.54, 1.807) is 19.2 Å². The van der Waals surface area contributed by atoms with Crippen LogP contribution in [0, 0.1) is 0 Å². The van der Waals surface area contributed by atoms with Crippen molar-refractivity contribution in [2.24, 2.45) is 5.73 Å². The van der Waals surface area contributed by atoms with E-state index in [9.17, 15) is 4.79 Å². The van der Waals surface area contributed by atoms with Gasteiger partial charge in [0.15, 0.2) is 0 Å². The van der Waals surface area contributed by atoms with Gasteiger partial charge in [0.2, 0.25) is 0 Å². The number of anilines is 1. The maximum atomic E-state index is 10.9. The predicted octanol–water partition coefficient (Wildman–Crippen LogP) is 0.255. The Morgan fingerprint density at radius 3 is 3.00 bits per heavy atom. The molecule has 0 aromatic carbocycles. The largest absolute Gasteiger partial charge is 0.383 e. The highest BCUT2D eigenvalue weighted by atomic mass is 16.5. The third-order valence-corrected chi connectivity index (χ3v) is 2.02. The molecule has 17 heavy (non-hydrogen) atoms. The summed E-state index contributed by atoms with van der Waals surface area (Å²) in [6.07, 6.45) is 1.54. The molecule has 0 unspecified atom stereocenters. The Morgan fingerprint density at radius 2 is 2.29 bits per heavy atom. The van der Waals surface area contributed by atoms with Crippen LogP contribution >= 0.6 is 0 Å². The van der Waals surface area contributed by atoms with Crippen molar-refractivity contribution in [3.05, 3.63) is 24.0 Å². The van der Waals surface area contributed by atoms with E-state index in [-0.39, 0.29) is 5.69 Å². The molecule has 3 N–H and O–H groups in total. The van der Waals surface area contributed by atoms with Gasteiger partial charge in [-0.05, 0) is 12.1 Å². The summed E-state index contributed by atoms with van der Waals surface area (Å²) in [5.74, 6) is -0.537. The molecule has 1 rings (SSSR count). The van der Waals surface area contributed by atoms with E-state index in [2.05, 4.69) is 10.3 Å². The first-order chi connectivity index (χ1) is 8.24. The van der Waals surface area contributed by atoms with Crippen LogP contribution < -0.4 is 11.1 Å². The fraction of sp³-hybridized carbons (Fsp3) is 0.455. The average Bonchev–Trinajstić information content (AvgIpc) is 2.34. The molecule has 0 spiro atoms. The highest BCUT2D eigenvalue weighted by Gasteiger charge is 2.02. The predicted molar refractivity (Wildman–Crippen MR) is 63.9 cm³/mol. The van der Waals surface area contributed by atoms with Crippen LogP contribution in [0.1, 0.15) is 10.5 Å². The molecule has 1 aromatic heterocycles. The third kappa shape index (κ3) is 5.28. The van der Waals surface area contributed by atoms with E-state index < -0.39 is 5.91 Å². The third-order valence-electron chi connectivity index (χ3n) is 2.02. The Bertz CT molecular complexity index is 358. The maximum Gasteiger partial charge on any atom is 0.267 e. The molecule has 0 aliphatic rings. The van der Waals surface area contributed by atoms with Crippen molar-refractivity contribution in [3.8, 4) is 0 Å². The average molecular weight is 239 g/mol. The second-order valence-corrected chi connectivity index (χ2v) is 3.33. The molecule has 0 aliphatic heterocycles. The number of methoxy groups -OCH3 is 1. The van der Waals surface area contributed by atoms with Gasteiger partial charge >= 0.3 is 0 Å². The Balaban J connectivity index is 2.27. The number of hydrogen-bond acceptors (Lipinski definition) is 5. The van der Waals surface area contributed by atoms with Crippen molar-refractivity contribution in [1.29, 1.82) is 0 Å². The van der Waals surface area contributed by atoms with Gasteiger partial charge < -0.3 is 20.5 Å². The summed E-state index contributed by atoms with van der Waals surface area (Å²) < 4.78 is 10.1. The minimum absolute atomic E-state index is 0.246. The fourth-order valence-electron chi connectivity index (χ4n) is 1.19. The normalized spacial score (nSPS) is 10.2. The SMILES string of the molecule is COCCOCCNc1ccnc(C(N)=O)c1. The number of carbonyl (C=O) groups excluding carboxylic acids is 1. The van der Waals surface area contributed by atoms with Crippen molar-refractivity contribution in [3.63, 3.8) is 0 Å². The number of pyridine rings is 1. The summed E-state index contributed by atoms with van der Waals surface area (Å²) >= 11 is 0. The van der Waals surface area contributed by atoms with Gasteiger partial charge in [0.25, 0.3) is 5.91 Å². The Hall–Kier alpha value is -1.66. The number of nitrogens with one attached hydrogen (secondary N) is 1. The highest BCUT2D eigenvalue weighted by Crippen LogP contribution is 2.06. The molecule has 1 aromatic rings. The Morgan fingerprint density at radius 1 is 1.47 bits per heavy atom. The summed E-state index contributed by atoms with van der Waals surface area (Å²) in [6, 6.07) is 3.37. The van der Waals surface area contributed by atoms with Crippen molar-refractivity contribution < 1.29 is 14.3 Å². The van der Waals surface area contributed by atoms with Gasteiger partial charge in [-0.3, -0.25) is 9.78 Å². The standard InChI is InChI=1S/C11H17N3O3/c1-16-6-7-17-5-4-13-9-2-3-14-10(8-9)11(12)15/h2-3,8H,4-7H2,1H3,(H2,12,15)(H,13,14). The number of nitrogens with two attached hydrogens (primary N) is 1. The molecule has 0 fully saturated rings. The maximum absolute atomic E-state index is 10.9. The lowest BCUT2D eigenvalue weighted by molar-refractivity contribution is 0.0759. The van der Waals surface area contributed by atoms with E-state index in [0.717, 1.165) is 5.69 Å². The summed E-state index contributed by atoms with van der Waals surface area (Å²) in [7, 11) is 1.63. The van der Waals surface area contributed by atoms with Crippen molar-refractivity contribution >= 4 is 11.6 Å². The number of carbonyl (C=O) groups is 1. The van der Waals surface area contributed by atoms with E-state index in [0.29, 0.717) is 26.4 Å². The quantitative estimate of drug-likeness (QED) is 0.635. The zero-order valence-corrected chi connectivity index (χ0v) is 9.81. The van der Waals surface area contributed by atoms with Crippen LogP contribution in [0.2, 0.25) is 0 Å². The molecule has 1 amide bonds. The molecule has 0 bridgehead atoms. The van der Waals surface area contributed by atoms with Gasteiger partial charge in [0, 0.05) is 25.5 Å². The van der Waals surface area contributed by atoms with Crippen molar-refractivity contribution in [2.75, 3.05) is 38.8 Å². The van der Waals surface area contributed by atoms with E-state index in [4.69, 9.17) is 15.2 Å². The molecule has 0 saturated carbocycles. The second kappa shape index (κ2) is 7.59. The Labute approximate surface area is 100 Å². The van der Waals surface area contributed by atoms with Crippen LogP contribution in [-0.2, 0) is 9.47 Å². The number of ether oxygens (including phenoxy) is 2. The van der Waals surface area contributed by atoms with Crippen molar-refractivity contribution in [2.45, 2.75) is 0 Å². The number of nitrogens with zero attached hydrogens (tertiary/aromatic N) is 1. The van der Waals surface area contributed by atoms with Gasteiger partial charge in [0.05, 0.1) is 19.8 Å². The first-order valence-electron chi connectivity index (χ1n) is 5.30. The number of hydrogen-bond donors (Lipinski definition) is 2. The van der Waals surface area contributed by atoms with Gasteiger partial charge in [-0.25, -0.2) is 0 Å². The van der Waals surface area contributed by atoms with Crippen LogP contribution in [0.5, 0.6) is 0 Å². The lowest BCUT2D eigenvalue weighted by Crippen LogP contribution is -2.15. The van der Waals surface area contributed by atoms with Crippen LogP contribution in [0.3, 0.4) is 0 Å². The molecule has 1 heterocycles. The van der Waals surface area contributed by atoms with Gasteiger partial charge in [-0.15, -0.1) is 0 Å². The molecule has 0 atom stereocenters. The lowest BCUT2D eigenvalue weighted by atomic mass is 10.3. The highest BCUT2D eigenvalue weighted by molar-refractivity contribution is 5.91. The van der Waals surface area contributed by atoms with Gasteiger partial charge in [-0.1, -0.05) is 0 Å². The summed E-state index contributed by atoms with van der Waals surface area (Å²) in [4.78, 5) is 14.7. The minimum Gasteiger partial charge on any atom is -0.383 e. The van der Waals surface area contributed by atoms with Crippen LogP contribution in [0.15, 0.2) is 18.3 Å². The molecule has 94 valence electrons. The molecule has 0 aliphatic carbocycles. The fourth-order valence-corrected chi connectivity index (χ4v) is 1.19. The molecule has 6 heteroatoms. The number of rotatable bonds is 8. The monoisotopic (exact) mass is 239 g/mol. The summed E-state index contributed by atoms with van der Waals surface area (Å²) in [6.45, 7) is 2.37. The van der Waals surface area contributed by atoms with Gasteiger partial charge in [0.1, 0.15) is 5.69 Å². The van der Waals surface area contributed by atoms with Crippen molar-refractivity contribution in [1.82, 2.24) is 4.98 Å². The molecular formula is C11H17N3O3. The van der Waals surface area contributed by atoms with E-state index >= 15 is 0 Å². The Kier molecular flexibility index (Phi) is 5.98. The van der Waals surface area contributed by atoms with Crippen LogP contribution in [0.4, 0.5) is 5.69 Å². The number of aromatic nitrogens is 1. The molecule has 0 radical (unpaired) electrons. The number of amides is 1. The second-order valence-electron chi connectivity index (χ2n) is 3.33. The smallest absolute Gasteiger partial charge is 0.267 e. The lowest BCUT2D eigenvalue weighted by Gasteiger charge is -2.07. The number of primary amides is 1. The zero-order valence-electron chi connectivity index (χ0n) is 9.81. The van der Waals surface area contributed by atoms with E-state index in [1.165, 1.54) is 6.20 Å². The summed E-state index contributed by atoms with van der Waals surface area (Å²) in [5, 5.41) is 3.10. The van der Waals surface area contributed by atoms with Gasteiger partial charge in [-0.2, -0.15) is 0 Å². The van der Waals surface area contributed by atoms with Crippen LogP contribution in [0.25, 0.3) is 0 Å². The van der Waals surface area contributed by atoms with Crippen LogP contribution in [-0.4, -0.2) is 44.4 Å². The summed E-state index contributed by atoms with van der Waals surface area (Å²) in [5.41, 5.74) is 6.17. The zero-order chi connectivity index (χ0) is 12.5. The van der Waals surface area contributed by atoms with E-state index in [1.807, 2.05) is 0 Å². The molecule has 0 saturated heterocycles. The molecule has 6 nitrogen and oxygen atoms in total.